The highest BCUT2D eigenvalue weighted by Crippen LogP contribution is 2.47. The zero-order valence-electron chi connectivity index (χ0n) is 13.4. The molecule has 0 bridgehead atoms. The van der Waals surface area contributed by atoms with Crippen LogP contribution in [-0.2, 0) is 4.79 Å². The van der Waals surface area contributed by atoms with Gasteiger partial charge in [0.25, 0.3) is 0 Å². The van der Waals surface area contributed by atoms with E-state index in [1.165, 1.54) is 9.80 Å². The van der Waals surface area contributed by atoms with Crippen LogP contribution in [0.5, 0.6) is 0 Å². The molecule has 1 aromatic carbocycles. The van der Waals surface area contributed by atoms with Crippen LogP contribution in [0.3, 0.4) is 0 Å². The van der Waals surface area contributed by atoms with Gasteiger partial charge in [0, 0.05) is 22.7 Å². The maximum absolute atomic E-state index is 13.1. The van der Waals surface area contributed by atoms with Gasteiger partial charge in [0.1, 0.15) is 0 Å². The van der Waals surface area contributed by atoms with E-state index in [4.69, 9.17) is 0 Å². The van der Waals surface area contributed by atoms with Crippen molar-refractivity contribution in [1.82, 2.24) is 0 Å². The first-order valence-electron chi connectivity index (χ1n) is 8.18. The molecule has 0 radical (unpaired) electrons. The molecule has 2 aliphatic rings. The molecule has 0 unspecified atom stereocenters. The van der Waals surface area contributed by atoms with Crippen molar-refractivity contribution in [2.75, 3.05) is 6.54 Å². The summed E-state index contributed by atoms with van der Waals surface area (Å²) in [5.74, 6) is 0.331. The van der Waals surface area contributed by atoms with Crippen LogP contribution in [0.1, 0.15) is 46.0 Å². The van der Waals surface area contributed by atoms with E-state index >= 15 is 0 Å². The van der Waals surface area contributed by atoms with Gasteiger partial charge in [0.2, 0.25) is 0 Å². The average molecular weight is 313 g/mol. The van der Waals surface area contributed by atoms with E-state index in [-0.39, 0.29) is 5.41 Å². The Hall–Kier alpha value is -1.35. The zero-order valence-corrected chi connectivity index (χ0v) is 14.2. The van der Waals surface area contributed by atoms with Crippen LogP contribution in [0, 0.1) is 5.41 Å². The molecule has 3 rings (SSSR count). The smallest absolute Gasteiger partial charge is 0.171 e. The number of hydrogen-bond acceptors (Lipinski definition) is 3. The van der Waals surface area contributed by atoms with Crippen molar-refractivity contribution in [1.29, 1.82) is 0 Å². The molecule has 1 aliphatic carbocycles. The van der Waals surface area contributed by atoms with Crippen molar-refractivity contribution in [2.24, 2.45) is 10.4 Å². The fourth-order valence-electron chi connectivity index (χ4n) is 3.73. The summed E-state index contributed by atoms with van der Waals surface area (Å²) < 4.78 is 0. The second kappa shape index (κ2) is 6.41. The molecule has 1 spiro atoms. The minimum Gasteiger partial charge on any atom is -0.293 e. The molecule has 0 N–H and O–H groups in total. The molecule has 116 valence electrons. The Kier molecular flexibility index (Phi) is 4.53. The van der Waals surface area contributed by atoms with Gasteiger partial charge < -0.3 is 0 Å². The lowest BCUT2D eigenvalue weighted by Gasteiger charge is -2.40. The van der Waals surface area contributed by atoms with E-state index in [1.54, 1.807) is 11.8 Å². The Morgan fingerprint density at radius 3 is 2.73 bits per heavy atom. The number of carbonyl (C=O) groups is 1. The topological polar surface area (TPSA) is 29.4 Å². The molecule has 2 nitrogen and oxygen atoms in total. The predicted octanol–water partition coefficient (Wildman–Crippen LogP) is 5.05. The molecule has 0 saturated carbocycles. The Morgan fingerprint density at radius 2 is 2.00 bits per heavy atom. The molecular weight excluding hydrogens is 290 g/mol. The van der Waals surface area contributed by atoms with Crippen LogP contribution in [-0.4, -0.2) is 18.0 Å². The second-order valence-electron chi connectivity index (χ2n) is 6.16. The van der Waals surface area contributed by atoms with Gasteiger partial charge in [-0.05, 0) is 56.1 Å². The van der Waals surface area contributed by atoms with Crippen molar-refractivity contribution < 1.29 is 4.79 Å². The lowest BCUT2D eigenvalue weighted by atomic mass is 9.65. The fourth-order valence-corrected chi connectivity index (χ4v) is 4.75. The number of benzene rings is 1. The van der Waals surface area contributed by atoms with Crippen LogP contribution in [0.25, 0.3) is 0 Å². The SMILES string of the molecule is CCC1=NCCC[C@@]12CCC(Sc1ccccc1)=C(C)C2=O. The summed E-state index contributed by atoms with van der Waals surface area (Å²) in [5.41, 5.74) is 1.83. The molecule has 0 saturated heterocycles. The van der Waals surface area contributed by atoms with E-state index < -0.39 is 0 Å². The Morgan fingerprint density at radius 1 is 1.23 bits per heavy atom. The highest BCUT2D eigenvalue weighted by atomic mass is 32.2. The zero-order chi connectivity index (χ0) is 15.6. The summed E-state index contributed by atoms with van der Waals surface area (Å²) in [6, 6.07) is 10.3. The van der Waals surface area contributed by atoms with Crippen molar-refractivity contribution in [3.63, 3.8) is 0 Å². The number of thioether (sulfide) groups is 1. The third-order valence-electron chi connectivity index (χ3n) is 4.91. The molecule has 0 amide bonds. The van der Waals surface area contributed by atoms with E-state index in [2.05, 4.69) is 24.0 Å². The molecule has 1 aromatic rings. The Balaban J connectivity index is 1.90. The molecule has 0 aromatic heterocycles. The summed E-state index contributed by atoms with van der Waals surface area (Å²) in [7, 11) is 0. The van der Waals surface area contributed by atoms with Crippen molar-refractivity contribution in [2.45, 2.75) is 50.8 Å². The standard InChI is InChI=1S/C19H23NOS/c1-3-17-19(11-7-13-20-17)12-10-16(14(2)18(19)21)22-15-8-5-4-6-9-15/h4-6,8-9H,3,7,10-13H2,1-2H3/t19-/m1/s1. The maximum atomic E-state index is 13.1. The first-order valence-corrected chi connectivity index (χ1v) is 9.00. The van der Waals surface area contributed by atoms with E-state index in [1.807, 2.05) is 25.1 Å². The van der Waals surface area contributed by atoms with Gasteiger partial charge in [-0.1, -0.05) is 36.9 Å². The average Bonchev–Trinajstić information content (AvgIpc) is 2.57. The number of hydrogen-bond donors (Lipinski definition) is 0. The summed E-state index contributed by atoms with van der Waals surface area (Å²) in [4.78, 5) is 20.3. The number of Topliss-reactive ketones (excluding diaryl/α,β-unsaturated/α-hetero) is 1. The molecule has 1 heterocycles. The normalized spacial score (nSPS) is 25.5. The minimum absolute atomic E-state index is 0.280. The summed E-state index contributed by atoms with van der Waals surface area (Å²) >= 11 is 1.75. The lowest BCUT2D eigenvalue weighted by molar-refractivity contribution is -0.122. The summed E-state index contributed by atoms with van der Waals surface area (Å²) in [6.45, 7) is 5.04. The van der Waals surface area contributed by atoms with Gasteiger partial charge in [-0.15, -0.1) is 0 Å². The van der Waals surface area contributed by atoms with Crippen LogP contribution < -0.4 is 0 Å². The first-order chi connectivity index (χ1) is 10.7. The van der Waals surface area contributed by atoms with Crippen molar-refractivity contribution in [3.8, 4) is 0 Å². The number of nitrogens with zero attached hydrogens (tertiary/aromatic N) is 1. The molecular formula is C19H23NOS. The third-order valence-corrected chi connectivity index (χ3v) is 6.17. The van der Waals surface area contributed by atoms with Crippen LogP contribution in [0.2, 0.25) is 0 Å². The number of allylic oxidation sites excluding steroid dienone is 2. The highest BCUT2D eigenvalue weighted by Gasteiger charge is 2.46. The first kappa shape index (κ1) is 15.5. The number of aliphatic imine (C=N–C) groups is 1. The van der Waals surface area contributed by atoms with E-state index in [0.717, 1.165) is 49.9 Å². The second-order valence-corrected chi connectivity index (χ2v) is 7.33. The van der Waals surface area contributed by atoms with Crippen LogP contribution in [0.4, 0.5) is 0 Å². The van der Waals surface area contributed by atoms with Crippen molar-refractivity contribution >= 4 is 23.3 Å². The maximum Gasteiger partial charge on any atom is 0.171 e. The molecule has 22 heavy (non-hydrogen) atoms. The number of carbonyl (C=O) groups excluding carboxylic acids is 1. The van der Waals surface area contributed by atoms with Crippen LogP contribution >= 0.6 is 11.8 Å². The lowest BCUT2D eigenvalue weighted by Crippen LogP contribution is -2.44. The number of ketones is 1. The van der Waals surface area contributed by atoms with Gasteiger partial charge in [-0.25, -0.2) is 0 Å². The quantitative estimate of drug-likeness (QED) is 0.781. The number of rotatable bonds is 3. The summed E-state index contributed by atoms with van der Waals surface area (Å²) in [5, 5.41) is 0. The predicted molar refractivity (Wildman–Crippen MR) is 93.5 cm³/mol. The van der Waals surface area contributed by atoms with E-state index in [9.17, 15) is 4.79 Å². The third kappa shape index (κ3) is 2.67. The molecule has 1 atom stereocenters. The largest absolute Gasteiger partial charge is 0.293 e. The fraction of sp³-hybridized carbons (Fsp3) is 0.474. The molecule has 0 fully saturated rings. The van der Waals surface area contributed by atoms with Gasteiger partial charge >= 0.3 is 0 Å². The van der Waals surface area contributed by atoms with Gasteiger partial charge in [0.15, 0.2) is 5.78 Å². The highest BCUT2D eigenvalue weighted by molar-refractivity contribution is 8.03. The molecule has 3 heteroatoms. The Labute approximate surface area is 137 Å². The minimum atomic E-state index is -0.280. The Bertz CT molecular complexity index is 632. The van der Waals surface area contributed by atoms with Crippen LogP contribution in [0.15, 0.2) is 50.7 Å². The van der Waals surface area contributed by atoms with E-state index in [0.29, 0.717) is 5.78 Å². The summed E-state index contributed by atoms with van der Waals surface area (Å²) in [6.07, 6.45) is 4.87. The van der Waals surface area contributed by atoms with Crippen molar-refractivity contribution in [3.05, 3.63) is 40.8 Å². The van der Waals surface area contributed by atoms with Gasteiger partial charge in [-0.3, -0.25) is 9.79 Å². The monoisotopic (exact) mass is 313 g/mol. The van der Waals surface area contributed by atoms with Gasteiger partial charge in [0.05, 0.1) is 5.41 Å². The van der Waals surface area contributed by atoms with Gasteiger partial charge in [-0.2, -0.15) is 0 Å². The molecule has 1 aliphatic heterocycles.